The van der Waals surface area contributed by atoms with Crippen LogP contribution in [0.4, 0.5) is 0 Å². The topological polar surface area (TPSA) is 41.3 Å². The maximum Gasteiger partial charge on any atom is 0.151 e. The molecule has 114 valence electrons. The van der Waals surface area contributed by atoms with Crippen molar-refractivity contribution in [2.24, 2.45) is 11.8 Å². The molecule has 0 radical (unpaired) electrons. The smallest absolute Gasteiger partial charge is 0.151 e. The Morgan fingerprint density at radius 3 is 3.10 bits per heavy atom. The van der Waals surface area contributed by atoms with Crippen molar-refractivity contribution in [1.82, 2.24) is 15.4 Å². The number of hydrogen-bond acceptors (Lipinski definition) is 4. The molecule has 4 heteroatoms. The summed E-state index contributed by atoms with van der Waals surface area (Å²) in [5.41, 5.74) is 1.02. The van der Waals surface area contributed by atoms with E-state index in [0.29, 0.717) is 5.92 Å². The van der Waals surface area contributed by atoms with Gasteiger partial charge in [-0.25, -0.2) is 0 Å². The van der Waals surface area contributed by atoms with E-state index < -0.39 is 0 Å². The van der Waals surface area contributed by atoms with Crippen LogP contribution in [0.3, 0.4) is 0 Å². The van der Waals surface area contributed by atoms with E-state index in [9.17, 15) is 0 Å². The lowest BCUT2D eigenvalue weighted by Crippen LogP contribution is -2.34. The van der Waals surface area contributed by atoms with Gasteiger partial charge in [-0.3, -0.25) is 4.90 Å². The van der Waals surface area contributed by atoms with E-state index in [4.69, 9.17) is 4.52 Å². The zero-order chi connectivity index (χ0) is 14.4. The first-order chi connectivity index (χ1) is 9.67. The summed E-state index contributed by atoms with van der Waals surface area (Å²) in [4.78, 5) is 2.50. The van der Waals surface area contributed by atoms with Crippen LogP contribution in [-0.4, -0.2) is 29.7 Å². The predicted molar refractivity (Wildman–Crippen MR) is 81.3 cm³/mol. The van der Waals surface area contributed by atoms with E-state index in [1.165, 1.54) is 32.4 Å². The minimum Gasteiger partial charge on any atom is -0.360 e. The minimum atomic E-state index is 0.667. The van der Waals surface area contributed by atoms with Crippen molar-refractivity contribution in [3.63, 3.8) is 0 Å². The van der Waals surface area contributed by atoms with Crippen LogP contribution in [0.1, 0.15) is 51.5 Å². The lowest BCUT2D eigenvalue weighted by atomic mass is 9.96. The van der Waals surface area contributed by atoms with Crippen LogP contribution >= 0.6 is 0 Å². The molecule has 1 saturated heterocycles. The molecule has 4 nitrogen and oxygen atoms in total. The molecule has 1 atom stereocenters. The monoisotopic (exact) mass is 279 g/mol. The highest BCUT2D eigenvalue weighted by atomic mass is 16.5. The SMILES string of the molecule is CCC1CCCN(Cc2cc(CNCC(C)C)no2)C1. The average Bonchev–Trinajstić information content (AvgIpc) is 2.86. The Labute approximate surface area is 122 Å². The highest BCUT2D eigenvalue weighted by Gasteiger charge is 2.19. The van der Waals surface area contributed by atoms with Crippen LogP contribution < -0.4 is 5.32 Å². The molecule has 2 heterocycles. The first-order valence-corrected chi connectivity index (χ1v) is 8.05. The Hall–Kier alpha value is -0.870. The highest BCUT2D eigenvalue weighted by molar-refractivity contribution is 5.05. The largest absolute Gasteiger partial charge is 0.360 e. The van der Waals surface area contributed by atoms with Gasteiger partial charge in [-0.15, -0.1) is 0 Å². The maximum absolute atomic E-state index is 5.46. The van der Waals surface area contributed by atoms with Gasteiger partial charge in [0.1, 0.15) is 0 Å². The van der Waals surface area contributed by atoms with Gasteiger partial charge in [0.25, 0.3) is 0 Å². The van der Waals surface area contributed by atoms with Crippen molar-refractivity contribution in [2.75, 3.05) is 19.6 Å². The molecule has 0 aliphatic carbocycles. The second-order valence-electron chi connectivity index (χ2n) is 6.46. The molecule has 1 unspecified atom stereocenters. The Balaban J connectivity index is 1.77. The number of rotatable bonds is 7. The number of piperidine rings is 1. The predicted octanol–water partition coefficient (Wildman–Crippen LogP) is 3.04. The molecule has 1 N–H and O–H groups in total. The first kappa shape index (κ1) is 15.5. The summed E-state index contributed by atoms with van der Waals surface area (Å²) in [6.45, 7) is 11.8. The molecule has 0 spiro atoms. The Morgan fingerprint density at radius 1 is 1.50 bits per heavy atom. The third kappa shape index (κ3) is 4.91. The van der Waals surface area contributed by atoms with Crippen molar-refractivity contribution in [2.45, 2.75) is 53.1 Å². The summed E-state index contributed by atoms with van der Waals surface area (Å²) in [6.07, 6.45) is 3.99. The molecule has 0 aromatic carbocycles. The van der Waals surface area contributed by atoms with E-state index in [1.54, 1.807) is 0 Å². The van der Waals surface area contributed by atoms with Gasteiger partial charge in [0, 0.05) is 19.2 Å². The van der Waals surface area contributed by atoms with Crippen molar-refractivity contribution >= 4 is 0 Å². The van der Waals surface area contributed by atoms with Crippen molar-refractivity contribution in [1.29, 1.82) is 0 Å². The fourth-order valence-corrected chi connectivity index (χ4v) is 2.85. The molecular weight excluding hydrogens is 250 g/mol. The van der Waals surface area contributed by atoms with Gasteiger partial charge < -0.3 is 9.84 Å². The Morgan fingerprint density at radius 2 is 2.35 bits per heavy atom. The summed E-state index contributed by atoms with van der Waals surface area (Å²) in [5.74, 6) is 2.53. The van der Waals surface area contributed by atoms with Gasteiger partial charge in [0.2, 0.25) is 0 Å². The summed E-state index contributed by atoms with van der Waals surface area (Å²) in [5, 5.41) is 7.55. The second kappa shape index (κ2) is 7.79. The Kier molecular flexibility index (Phi) is 6.05. The zero-order valence-corrected chi connectivity index (χ0v) is 13.2. The van der Waals surface area contributed by atoms with Gasteiger partial charge in [0.15, 0.2) is 5.76 Å². The number of nitrogens with zero attached hydrogens (tertiary/aromatic N) is 2. The molecule has 0 saturated carbocycles. The third-order valence-electron chi connectivity index (χ3n) is 4.03. The van der Waals surface area contributed by atoms with Gasteiger partial charge in [0.05, 0.1) is 12.2 Å². The molecule has 1 aliphatic rings. The summed E-state index contributed by atoms with van der Waals surface area (Å²) >= 11 is 0. The molecule has 1 aromatic heterocycles. The van der Waals surface area contributed by atoms with E-state index >= 15 is 0 Å². The number of hydrogen-bond donors (Lipinski definition) is 1. The average molecular weight is 279 g/mol. The van der Waals surface area contributed by atoms with Crippen molar-refractivity contribution < 1.29 is 4.52 Å². The van der Waals surface area contributed by atoms with Gasteiger partial charge in [-0.2, -0.15) is 0 Å². The van der Waals surface area contributed by atoms with Crippen molar-refractivity contribution in [3.8, 4) is 0 Å². The first-order valence-electron chi connectivity index (χ1n) is 8.05. The maximum atomic E-state index is 5.46. The van der Waals surface area contributed by atoms with Crippen LogP contribution in [0.15, 0.2) is 10.6 Å². The highest BCUT2D eigenvalue weighted by Crippen LogP contribution is 2.21. The summed E-state index contributed by atoms with van der Waals surface area (Å²) < 4.78 is 5.46. The Bertz CT molecular complexity index is 389. The third-order valence-corrected chi connectivity index (χ3v) is 4.03. The molecule has 0 amide bonds. The van der Waals surface area contributed by atoms with Crippen LogP contribution in [0.25, 0.3) is 0 Å². The number of likely N-dealkylation sites (tertiary alicyclic amines) is 1. The lowest BCUT2D eigenvalue weighted by Gasteiger charge is -2.31. The van der Waals surface area contributed by atoms with Crippen LogP contribution in [0.5, 0.6) is 0 Å². The molecule has 1 fully saturated rings. The van der Waals surface area contributed by atoms with E-state index in [0.717, 1.165) is 37.0 Å². The normalized spacial score (nSPS) is 20.7. The van der Waals surface area contributed by atoms with Crippen LogP contribution in [0.2, 0.25) is 0 Å². The van der Waals surface area contributed by atoms with Gasteiger partial charge in [-0.1, -0.05) is 32.3 Å². The molecule has 0 bridgehead atoms. The second-order valence-corrected chi connectivity index (χ2v) is 6.46. The van der Waals surface area contributed by atoms with E-state index in [1.807, 2.05) is 0 Å². The van der Waals surface area contributed by atoms with Gasteiger partial charge in [-0.05, 0) is 37.8 Å². The number of nitrogens with one attached hydrogen (secondary N) is 1. The quantitative estimate of drug-likeness (QED) is 0.833. The molecule has 1 aromatic rings. The van der Waals surface area contributed by atoms with Gasteiger partial charge >= 0.3 is 0 Å². The molecule has 1 aliphatic heterocycles. The fraction of sp³-hybridized carbons (Fsp3) is 0.812. The van der Waals surface area contributed by atoms with Crippen LogP contribution in [-0.2, 0) is 13.1 Å². The fourth-order valence-electron chi connectivity index (χ4n) is 2.85. The minimum absolute atomic E-state index is 0.667. The summed E-state index contributed by atoms with van der Waals surface area (Å²) in [6, 6.07) is 2.10. The van der Waals surface area contributed by atoms with Crippen molar-refractivity contribution in [3.05, 3.63) is 17.5 Å². The number of aromatic nitrogens is 1. The van der Waals surface area contributed by atoms with E-state index in [2.05, 4.69) is 42.2 Å². The standard InChI is InChI=1S/C16H29N3O/c1-4-14-6-5-7-19(11-14)12-16-8-15(18-20-16)10-17-9-13(2)3/h8,13-14,17H,4-7,9-12H2,1-3H3. The lowest BCUT2D eigenvalue weighted by molar-refractivity contribution is 0.150. The van der Waals surface area contributed by atoms with Crippen LogP contribution in [0, 0.1) is 11.8 Å². The molecule has 2 rings (SSSR count). The molecular formula is C16H29N3O. The summed E-state index contributed by atoms with van der Waals surface area (Å²) in [7, 11) is 0. The molecule has 20 heavy (non-hydrogen) atoms. The zero-order valence-electron chi connectivity index (χ0n) is 13.2. The van der Waals surface area contributed by atoms with E-state index in [-0.39, 0.29) is 0 Å².